The van der Waals surface area contributed by atoms with Crippen LogP contribution in [-0.2, 0) is 0 Å². The van der Waals surface area contributed by atoms with Gasteiger partial charge in [-0.2, -0.15) is 10.5 Å². The molecule has 54 heavy (non-hydrogen) atoms. The van der Waals surface area contributed by atoms with Gasteiger partial charge in [-0.3, -0.25) is 9.59 Å². The molecule has 0 atom stereocenters. The molecule has 0 radical (unpaired) electrons. The summed E-state index contributed by atoms with van der Waals surface area (Å²) >= 11 is 0. The number of aryl methyl sites for hydroxylation is 2. The van der Waals surface area contributed by atoms with Crippen molar-refractivity contribution in [1.29, 1.82) is 10.5 Å². The average molecular weight is 695 g/mol. The van der Waals surface area contributed by atoms with E-state index in [1.54, 1.807) is 6.07 Å². The predicted octanol–water partition coefficient (Wildman–Crippen LogP) is 10.9. The molecule has 8 aromatic rings. The van der Waals surface area contributed by atoms with E-state index < -0.39 is 5.91 Å². The summed E-state index contributed by atoms with van der Waals surface area (Å²) in [5.74, 6) is -0.775. The van der Waals surface area contributed by atoms with Crippen molar-refractivity contribution in [2.24, 2.45) is 0 Å². The van der Waals surface area contributed by atoms with Crippen molar-refractivity contribution in [3.8, 4) is 51.2 Å². The van der Waals surface area contributed by atoms with Crippen LogP contribution < -0.4 is 4.90 Å². The van der Waals surface area contributed by atoms with E-state index >= 15 is 0 Å². The maximum atomic E-state index is 14.7. The van der Waals surface area contributed by atoms with Crippen LogP contribution in [0.5, 0.6) is 0 Å². The van der Waals surface area contributed by atoms with Crippen LogP contribution in [0.15, 0.2) is 146 Å². The van der Waals surface area contributed by atoms with Crippen molar-refractivity contribution in [2.45, 2.75) is 13.8 Å². The number of hydrogen-bond acceptors (Lipinski definition) is 4. The fraction of sp³-hybridized carbons (Fsp3) is 0.0417. The molecular weight excluding hydrogens is 665 g/mol. The van der Waals surface area contributed by atoms with Crippen LogP contribution >= 0.6 is 0 Å². The lowest BCUT2D eigenvalue weighted by atomic mass is 9.95. The Balaban J connectivity index is 1.32. The van der Waals surface area contributed by atoms with E-state index in [0.29, 0.717) is 33.6 Å². The van der Waals surface area contributed by atoms with Gasteiger partial charge in [-0.15, -0.1) is 0 Å². The van der Waals surface area contributed by atoms with Crippen LogP contribution in [0.2, 0.25) is 0 Å². The van der Waals surface area contributed by atoms with E-state index in [1.807, 2.05) is 129 Å². The number of aromatic nitrogens is 1. The molecule has 254 valence electrons. The number of fused-ring (bicyclic) bond motifs is 4. The zero-order chi connectivity index (χ0) is 37.1. The summed E-state index contributed by atoms with van der Waals surface area (Å²) in [7, 11) is 0. The molecule has 1 aromatic heterocycles. The fourth-order valence-electron chi connectivity index (χ4n) is 7.98. The number of para-hydroxylation sites is 2. The van der Waals surface area contributed by atoms with Crippen molar-refractivity contribution >= 4 is 39.3 Å². The highest BCUT2D eigenvalue weighted by atomic mass is 16.2. The van der Waals surface area contributed by atoms with Crippen LogP contribution in [0.25, 0.3) is 60.9 Å². The first-order valence-electron chi connectivity index (χ1n) is 17.6. The van der Waals surface area contributed by atoms with Crippen LogP contribution in [0.1, 0.15) is 43.0 Å². The zero-order valence-electron chi connectivity index (χ0n) is 29.5. The lowest BCUT2D eigenvalue weighted by molar-refractivity contribution is 0.0926. The van der Waals surface area contributed by atoms with Crippen molar-refractivity contribution in [3.63, 3.8) is 0 Å². The molecular formula is C48H30N4O2. The van der Waals surface area contributed by atoms with Gasteiger partial charge in [0.25, 0.3) is 11.8 Å². The highest BCUT2D eigenvalue weighted by Crippen LogP contribution is 2.45. The molecule has 9 rings (SSSR count). The minimum atomic E-state index is -0.396. The quantitative estimate of drug-likeness (QED) is 0.168. The van der Waals surface area contributed by atoms with E-state index in [9.17, 15) is 20.1 Å². The second-order valence-electron chi connectivity index (χ2n) is 13.6. The van der Waals surface area contributed by atoms with Gasteiger partial charge in [0.2, 0.25) is 0 Å². The molecule has 0 aliphatic carbocycles. The fourth-order valence-corrected chi connectivity index (χ4v) is 7.98. The number of amides is 2. The highest BCUT2D eigenvalue weighted by Gasteiger charge is 2.39. The van der Waals surface area contributed by atoms with Gasteiger partial charge in [0, 0.05) is 21.9 Å². The van der Waals surface area contributed by atoms with Crippen LogP contribution in [0, 0.1) is 36.5 Å². The van der Waals surface area contributed by atoms with Gasteiger partial charge in [-0.05, 0) is 95.8 Å². The third-order valence-corrected chi connectivity index (χ3v) is 10.5. The molecule has 0 N–H and O–H groups in total. The Hall–Kier alpha value is -7.54. The molecule has 6 heteroatoms. The summed E-state index contributed by atoms with van der Waals surface area (Å²) in [4.78, 5) is 30.3. The maximum absolute atomic E-state index is 14.7. The number of anilines is 1. The standard InChI is InChI=1S/C48H30N4O2/c1-29-25-31(27-49)17-23-36(29)38-11-6-13-40-41-14-7-12-39(37-24-18-32(28-50)26-30(37)2)46(41)52(45(38)40)43-16-8-15-42-44(43)48(54)51(47(42)53)35-21-19-34(20-22-35)33-9-4-3-5-10-33/h3-26H,1-2H3. The summed E-state index contributed by atoms with van der Waals surface area (Å²) in [6, 6.07) is 51.2. The number of hydrogen-bond donors (Lipinski definition) is 0. The number of rotatable bonds is 5. The first-order valence-corrected chi connectivity index (χ1v) is 17.6. The summed E-state index contributed by atoms with van der Waals surface area (Å²) in [6.45, 7) is 3.99. The number of carbonyl (C=O) groups excluding carboxylic acids is 2. The Bertz CT molecular complexity index is 2840. The molecule has 0 unspecified atom stereocenters. The molecule has 0 fully saturated rings. The van der Waals surface area contributed by atoms with Crippen LogP contribution in [-0.4, -0.2) is 16.4 Å². The Kier molecular flexibility index (Phi) is 7.55. The molecule has 2 amide bonds. The zero-order valence-corrected chi connectivity index (χ0v) is 29.5. The largest absolute Gasteiger partial charge is 0.307 e. The molecule has 1 aliphatic rings. The van der Waals surface area contributed by atoms with Gasteiger partial charge in [0.15, 0.2) is 0 Å². The summed E-state index contributed by atoms with van der Waals surface area (Å²) < 4.78 is 2.14. The maximum Gasteiger partial charge on any atom is 0.268 e. The Morgan fingerprint density at radius 2 is 1.00 bits per heavy atom. The van der Waals surface area contributed by atoms with Crippen molar-refractivity contribution in [2.75, 3.05) is 4.90 Å². The molecule has 0 saturated carbocycles. The highest BCUT2D eigenvalue weighted by molar-refractivity contribution is 6.36. The normalized spacial score (nSPS) is 12.3. The lowest BCUT2D eigenvalue weighted by Gasteiger charge is -2.18. The Morgan fingerprint density at radius 1 is 0.481 bits per heavy atom. The second-order valence-corrected chi connectivity index (χ2v) is 13.6. The topological polar surface area (TPSA) is 89.9 Å². The first-order chi connectivity index (χ1) is 26.4. The van der Waals surface area contributed by atoms with Gasteiger partial charge in [0.05, 0.1) is 56.8 Å². The monoisotopic (exact) mass is 694 g/mol. The van der Waals surface area contributed by atoms with E-state index in [1.165, 1.54) is 4.90 Å². The third kappa shape index (κ3) is 4.93. The smallest absolute Gasteiger partial charge is 0.268 e. The molecule has 1 aliphatic heterocycles. The lowest BCUT2D eigenvalue weighted by Crippen LogP contribution is -2.29. The van der Waals surface area contributed by atoms with Crippen molar-refractivity contribution in [1.82, 2.24) is 4.57 Å². The predicted molar refractivity (Wildman–Crippen MR) is 214 cm³/mol. The van der Waals surface area contributed by atoms with Gasteiger partial charge in [-0.1, -0.05) is 97.1 Å². The SMILES string of the molecule is Cc1cc(C#N)ccc1-c1cccc2c3cccc(-c4ccc(C#N)cc4C)c3n(-c3cccc4c3C(=O)N(c3ccc(-c5ccccc5)cc3)C4=O)c12. The summed E-state index contributed by atoms with van der Waals surface area (Å²) in [5.41, 5.74) is 12.3. The Morgan fingerprint density at radius 3 is 1.54 bits per heavy atom. The van der Waals surface area contributed by atoms with E-state index in [4.69, 9.17) is 0 Å². The summed E-state index contributed by atoms with van der Waals surface area (Å²) in [6.07, 6.45) is 0. The van der Waals surface area contributed by atoms with E-state index in [0.717, 1.165) is 66.3 Å². The van der Waals surface area contributed by atoms with Crippen molar-refractivity contribution < 1.29 is 9.59 Å². The van der Waals surface area contributed by atoms with E-state index in [-0.39, 0.29) is 5.91 Å². The number of nitrogens with zero attached hydrogens (tertiary/aromatic N) is 4. The first kappa shape index (κ1) is 32.4. The van der Waals surface area contributed by atoms with Gasteiger partial charge >= 0.3 is 0 Å². The van der Waals surface area contributed by atoms with Gasteiger partial charge < -0.3 is 4.57 Å². The molecule has 0 saturated heterocycles. The average Bonchev–Trinajstić information content (AvgIpc) is 3.69. The molecule has 2 heterocycles. The Labute approximate surface area is 312 Å². The van der Waals surface area contributed by atoms with Crippen molar-refractivity contribution in [3.05, 3.63) is 179 Å². The number of imide groups is 1. The minimum Gasteiger partial charge on any atom is -0.307 e. The van der Waals surface area contributed by atoms with Gasteiger partial charge in [0.1, 0.15) is 0 Å². The van der Waals surface area contributed by atoms with Gasteiger partial charge in [-0.25, -0.2) is 4.90 Å². The molecule has 7 aromatic carbocycles. The van der Waals surface area contributed by atoms with E-state index in [2.05, 4.69) is 41.0 Å². The summed E-state index contributed by atoms with van der Waals surface area (Å²) in [5, 5.41) is 21.2. The molecule has 6 nitrogen and oxygen atoms in total. The second kappa shape index (κ2) is 12.6. The molecule has 0 spiro atoms. The number of benzene rings is 7. The van der Waals surface area contributed by atoms with Crippen LogP contribution in [0.3, 0.4) is 0 Å². The third-order valence-electron chi connectivity index (χ3n) is 10.5. The number of carbonyl (C=O) groups is 2. The molecule has 0 bridgehead atoms. The number of nitriles is 2. The minimum absolute atomic E-state index is 0.325. The van der Waals surface area contributed by atoms with Crippen LogP contribution in [0.4, 0.5) is 5.69 Å².